The number of aliphatic hydroxyl groups is 1. The Labute approximate surface area is 99.6 Å². The van der Waals surface area contributed by atoms with E-state index in [4.69, 9.17) is 19.4 Å². The molecule has 98 valence electrons. The van der Waals surface area contributed by atoms with E-state index in [2.05, 4.69) is 5.32 Å². The Morgan fingerprint density at radius 3 is 2.76 bits per heavy atom. The van der Waals surface area contributed by atoms with Gasteiger partial charge >= 0.3 is 0 Å². The molecule has 1 unspecified atom stereocenters. The molecule has 4 N–H and O–H groups in total. The van der Waals surface area contributed by atoms with E-state index >= 15 is 0 Å². The molecule has 0 spiro atoms. The summed E-state index contributed by atoms with van der Waals surface area (Å²) in [7, 11) is -2.28. The second-order valence-corrected chi connectivity index (χ2v) is 4.97. The fourth-order valence-corrected chi connectivity index (χ4v) is 1.71. The molecule has 7 nitrogen and oxygen atoms in total. The summed E-state index contributed by atoms with van der Waals surface area (Å²) in [6.07, 6.45) is 0. The quantitative estimate of drug-likeness (QED) is 0.583. The molecule has 0 amide bonds. The van der Waals surface area contributed by atoms with Crippen molar-refractivity contribution in [2.45, 2.75) is 17.7 Å². The van der Waals surface area contributed by atoms with Crippen LogP contribution in [-0.4, -0.2) is 39.9 Å². The van der Waals surface area contributed by atoms with Gasteiger partial charge in [0.1, 0.15) is 5.76 Å². The average Bonchev–Trinajstić information content (AvgIpc) is 2.72. The van der Waals surface area contributed by atoms with Crippen molar-refractivity contribution >= 4 is 10.0 Å². The number of methoxy groups -OCH3 is 1. The van der Waals surface area contributed by atoms with Crippen LogP contribution in [0.25, 0.3) is 0 Å². The largest absolute Gasteiger partial charge is 0.447 e. The van der Waals surface area contributed by atoms with E-state index < -0.39 is 10.0 Å². The Morgan fingerprint density at radius 2 is 2.29 bits per heavy atom. The third kappa shape index (κ3) is 4.44. The first-order chi connectivity index (χ1) is 7.97. The van der Waals surface area contributed by atoms with Crippen molar-refractivity contribution in [2.24, 2.45) is 5.14 Å². The molecular formula is C9H16N2O5S. The van der Waals surface area contributed by atoms with Crippen LogP contribution >= 0.6 is 0 Å². The first kappa shape index (κ1) is 14.1. The standard InChI is InChI=1S/C9H16N2O5S/c1-15-6-7(5-12)11-4-8-2-3-9(16-8)17(10,13)14/h2-3,7,11-12H,4-6H2,1H3,(H2,10,13,14). The lowest BCUT2D eigenvalue weighted by atomic mass is 10.3. The predicted molar refractivity (Wildman–Crippen MR) is 59.7 cm³/mol. The van der Waals surface area contributed by atoms with Crippen LogP contribution in [0.1, 0.15) is 5.76 Å². The maximum absolute atomic E-state index is 10.9. The van der Waals surface area contributed by atoms with Crippen molar-refractivity contribution in [3.63, 3.8) is 0 Å². The smallest absolute Gasteiger partial charge is 0.271 e. The maximum atomic E-state index is 10.9. The van der Waals surface area contributed by atoms with Crippen molar-refractivity contribution in [1.82, 2.24) is 5.32 Å². The van der Waals surface area contributed by atoms with E-state index in [1.54, 1.807) is 0 Å². The predicted octanol–water partition coefficient (Wildman–Crippen LogP) is -0.976. The number of primary sulfonamides is 1. The summed E-state index contributed by atoms with van der Waals surface area (Å²) in [6.45, 7) is 0.542. The highest BCUT2D eigenvalue weighted by Gasteiger charge is 2.14. The molecule has 0 bridgehead atoms. The lowest BCUT2D eigenvalue weighted by Crippen LogP contribution is -2.35. The molecule has 0 aromatic carbocycles. The summed E-state index contributed by atoms with van der Waals surface area (Å²) in [5.41, 5.74) is 0. The summed E-state index contributed by atoms with van der Waals surface area (Å²) < 4.78 is 31.8. The van der Waals surface area contributed by atoms with Gasteiger partial charge in [0.2, 0.25) is 5.09 Å². The van der Waals surface area contributed by atoms with Crippen LogP contribution in [0.2, 0.25) is 0 Å². The van der Waals surface area contributed by atoms with Crippen LogP contribution in [0.3, 0.4) is 0 Å². The number of sulfonamides is 1. The normalized spacial score (nSPS) is 13.8. The Kier molecular flexibility index (Phi) is 5.09. The molecular weight excluding hydrogens is 248 g/mol. The van der Waals surface area contributed by atoms with Crippen molar-refractivity contribution < 1.29 is 22.7 Å². The highest BCUT2D eigenvalue weighted by molar-refractivity contribution is 7.89. The van der Waals surface area contributed by atoms with Gasteiger partial charge in [-0.15, -0.1) is 0 Å². The zero-order chi connectivity index (χ0) is 12.9. The number of ether oxygens (including phenoxy) is 1. The molecule has 8 heteroatoms. The Balaban J connectivity index is 2.55. The summed E-state index contributed by atoms with van der Waals surface area (Å²) in [4.78, 5) is 0. The Hall–Kier alpha value is -0.930. The second kappa shape index (κ2) is 6.12. The lowest BCUT2D eigenvalue weighted by molar-refractivity contribution is 0.126. The van der Waals surface area contributed by atoms with E-state index in [0.717, 1.165) is 0 Å². The van der Waals surface area contributed by atoms with Crippen LogP contribution in [0.4, 0.5) is 0 Å². The van der Waals surface area contributed by atoms with Gasteiger partial charge in [0.15, 0.2) is 0 Å². The first-order valence-electron chi connectivity index (χ1n) is 4.92. The van der Waals surface area contributed by atoms with Crippen LogP contribution < -0.4 is 10.5 Å². The highest BCUT2D eigenvalue weighted by Crippen LogP contribution is 2.11. The van der Waals surface area contributed by atoms with Crippen molar-refractivity contribution in [3.8, 4) is 0 Å². The van der Waals surface area contributed by atoms with Gasteiger partial charge in [-0.3, -0.25) is 0 Å². The fourth-order valence-electron chi connectivity index (χ4n) is 1.23. The van der Waals surface area contributed by atoms with Gasteiger partial charge in [0, 0.05) is 7.11 Å². The maximum Gasteiger partial charge on any atom is 0.271 e. The summed E-state index contributed by atoms with van der Waals surface area (Å²) in [6, 6.07) is 2.56. The zero-order valence-electron chi connectivity index (χ0n) is 9.42. The SMILES string of the molecule is COCC(CO)NCc1ccc(S(N)(=O)=O)o1. The van der Waals surface area contributed by atoms with E-state index in [0.29, 0.717) is 12.4 Å². The van der Waals surface area contributed by atoms with Crippen molar-refractivity contribution in [3.05, 3.63) is 17.9 Å². The van der Waals surface area contributed by atoms with Gasteiger partial charge in [-0.25, -0.2) is 13.6 Å². The molecule has 0 saturated carbocycles. The van der Waals surface area contributed by atoms with E-state index in [9.17, 15) is 8.42 Å². The lowest BCUT2D eigenvalue weighted by Gasteiger charge is -2.13. The van der Waals surface area contributed by atoms with Crippen molar-refractivity contribution in [2.75, 3.05) is 20.3 Å². The summed E-state index contributed by atoms with van der Waals surface area (Å²) >= 11 is 0. The average molecular weight is 264 g/mol. The topological polar surface area (TPSA) is 115 Å². The molecule has 0 fully saturated rings. The van der Waals surface area contributed by atoms with Gasteiger partial charge in [-0.05, 0) is 12.1 Å². The molecule has 17 heavy (non-hydrogen) atoms. The first-order valence-corrected chi connectivity index (χ1v) is 6.46. The monoisotopic (exact) mass is 264 g/mol. The molecule has 0 aliphatic heterocycles. The van der Waals surface area contributed by atoms with Gasteiger partial charge in [-0.1, -0.05) is 0 Å². The number of hydrogen-bond acceptors (Lipinski definition) is 6. The van der Waals surface area contributed by atoms with Crippen LogP contribution in [0.5, 0.6) is 0 Å². The van der Waals surface area contributed by atoms with Crippen LogP contribution in [0, 0.1) is 0 Å². The highest BCUT2D eigenvalue weighted by atomic mass is 32.2. The number of nitrogens with one attached hydrogen (secondary N) is 1. The minimum Gasteiger partial charge on any atom is -0.447 e. The number of aliphatic hydroxyl groups excluding tert-OH is 1. The Bertz CT molecular complexity index is 442. The molecule has 0 aliphatic rings. The molecule has 1 aromatic heterocycles. The molecule has 1 rings (SSSR count). The number of hydrogen-bond donors (Lipinski definition) is 3. The summed E-state index contributed by atoms with van der Waals surface area (Å²) in [5, 5.41) is 16.5. The molecule has 0 aliphatic carbocycles. The minimum atomic E-state index is -3.80. The number of rotatable bonds is 7. The zero-order valence-corrected chi connectivity index (χ0v) is 10.2. The molecule has 1 aromatic rings. The van der Waals surface area contributed by atoms with Gasteiger partial charge < -0.3 is 19.6 Å². The summed E-state index contributed by atoms with van der Waals surface area (Å²) in [5.74, 6) is 0.420. The van der Waals surface area contributed by atoms with E-state index in [-0.39, 0.29) is 24.3 Å². The molecule has 0 saturated heterocycles. The second-order valence-electron chi connectivity index (χ2n) is 3.48. The molecule has 1 heterocycles. The Morgan fingerprint density at radius 1 is 1.59 bits per heavy atom. The van der Waals surface area contributed by atoms with Gasteiger partial charge in [-0.2, -0.15) is 0 Å². The van der Waals surface area contributed by atoms with Crippen molar-refractivity contribution in [1.29, 1.82) is 0 Å². The third-order valence-corrected chi connectivity index (χ3v) is 2.85. The van der Waals surface area contributed by atoms with E-state index in [1.807, 2.05) is 0 Å². The van der Waals surface area contributed by atoms with Crippen LogP contribution in [0.15, 0.2) is 21.6 Å². The molecule has 0 radical (unpaired) electrons. The third-order valence-electron chi connectivity index (χ3n) is 2.07. The van der Waals surface area contributed by atoms with Crippen LogP contribution in [-0.2, 0) is 21.3 Å². The number of furan rings is 1. The van der Waals surface area contributed by atoms with Gasteiger partial charge in [0.05, 0.1) is 25.8 Å². The van der Waals surface area contributed by atoms with Gasteiger partial charge in [0.25, 0.3) is 10.0 Å². The minimum absolute atomic E-state index is 0.0867. The molecule has 1 atom stereocenters. The van der Waals surface area contributed by atoms with E-state index in [1.165, 1.54) is 19.2 Å². The number of nitrogens with two attached hydrogens (primary N) is 1. The fraction of sp³-hybridized carbons (Fsp3) is 0.556.